The fourth-order valence-electron chi connectivity index (χ4n) is 1.73. The smallest absolute Gasteiger partial charge is 0.136 e. The lowest BCUT2D eigenvalue weighted by Gasteiger charge is -2.38. The monoisotopic (exact) mass is 178 g/mol. The van der Waals surface area contributed by atoms with E-state index >= 15 is 0 Å². The Kier molecular flexibility index (Phi) is 2.10. The van der Waals surface area contributed by atoms with E-state index in [4.69, 9.17) is 4.74 Å². The quantitative estimate of drug-likeness (QED) is 0.743. The summed E-state index contributed by atoms with van der Waals surface area (Å²) in [5, 5.41) is 10.1. The zero-order valence-corrected chi connectivity index (χ0v) is 7.79. The Hall–Kier alpha value is -0.860. The van der Waals surface area contributed by atoms with Gasteiger partial charge in [-0.05, 0) is 17.5 Å². The Balaban J connectivity index is 2.38. The minimum Gasteiger partial charge on any atom is -0.380 e. The molecular weight excluding hydrogens is 164 g/mol. The number of aryl methyl sites for hydroxylation is 1. The molecule has 0 unspecified atom stereocenters. The normalized spacial score (nSPS) is 19.5. The Morgan fingerprint density at radius 2 is 2.08 bits per heavy atom. The van der Waals surface area contributed by atoms with E-state index < -0.39 is 5.60 Å². The van der Waals surface area contributed by atoms with Crippen molar-refractivity contribution in [2.45, 2.75) is 18.9 Å². The number of benzene rings is 1. The van der Waals surface area contributed by atoms with Gasteiger partial charge in [-0.3, -0.25) is 0 Å². The van der Waals surface area contributed by atoms with Crippen LogP contribution in [0, 0.1) is 0 Å². The summed E-state index contributed by atoms with van der Waals surface area (Å²) in [7, 11) is 0. The molecule has 2 rings (SSSR count). The first-order valence-electron chi connectivity index (χ1n) is 4.65. The maximum absolute atomic E-state index is 10.1. The highest BCUT2D eigenvalue weighted by atomic mass is 16.5. The van der Waals surface area contributed by atoms with Gasteiger partial charge in [0.2, 0.25) is 0 Å². The minimum atomic E-state index is -0.716. The van der Waals surface area contributed by atoms with E-state index in [1.54, 1.807) is 0 Å². The van der Waals surface area contributed by atoms with E-state index in [2.05, 4.69) is 13.0 Å². The van der Waals surface area contributed by atoms with E-state index in [-0.39, 0.29) is 0 Å². The molecule has 0 amide bonds. The molecule has 0 radical (unpaired) electrons. The van der Waals surface area contributed by atoms with E-state index in [1.165, 1.54) is 5.56 Å². The second kappa shape index (κ2) is 3.13. The Morgan fingerprint density at radius 1 is 1.38 bits per heavy atom. The summed E-state index contributed by atoms with van der Waals surface area (Å²) in [4.78, 5) is 0. The first kappa shape index (κ1) is 8.73. The molecule has 1 aromatic rings. The minimum absolute atomic E-state index is 0.435. The Bertz CT molecular complexity index is 303. The van der Waals surface area contributed by atoms with Crippen molar-refractivity contribution >= 4 is 0 Å². The molecule has 0 saturated carbocycles. The van der Waals surface area contributed by atoms with Crippen LogP contribution >= 0.6 is 0 Å². The second-order valence-electron chi connectivity index (χ2n) is 3.54. The lowest BCUT2D eigenvalue weighted by Crippen LogP contribution is -2.47. The number of hydrogen-bond donors (Lipinski definition) is 1. The molecule has 1 aromatic carbocycles. The number of ether oxygens (including phenoxy) is 1. The van der Waals surface area contributed by atoms with Gasteiger partial charge in [0, 0.05) is 0 Å². The second-order valence-corrected chi connectivity index (χ2v) is 3.54. The van der Waals surface area contributed by atoms with Gasteiger partial charge in [-0.25, -0.2) is 0 Å². The third kappa shape index (κ3) is 1.36. The molecule has 1 N–H and O–H groups in total. The number of hydrogen-bond acceptors (Lipinski definition) is 2. The highest BCUT2D eigenvalue weighted by molar-refractivity contribution is 5.33. The topological polar surface area (TPSA) is 29.5 Å². The zero-order valence-electron chi connectivity index (χ0n) is 7.79. The van der Waals surface area contributed by atoms with Crippen molar-refractivity contribution < 1.29 is 9.84 Å². The molecule has 1 aliphatic heterocycles. The van der Waals surface area contributed by atoms with E-state index in [1.807, 2.05) is 18.2 Å². The molecule has 70 valence electrons. The van der Waals surface area contributed by atoms with Gasteiger partial charge in [0.25, 0.3) is 0 Å². The average Bonchev–Trinajstić information content (AvgIpc) is 2.14. The summed E-state index contributed by atoms with van der Waals surface area (Å²) in [6.07, 6.45) is 0.957. The zero-order chi connectivity index (χ0) is 9.31. The maximum atomic E-state index is 10.1. The van der Waals surface area contributed by atoms with Crippen molar-refractivity contribution in [2.24, 2.45) is 0 Å². The molecule has 0 atom stereocenters. The van der Waals surface area contributed by atoms with Gasteiger partial charge in [0.15, 0.2) is 0 Å². The standard InChI is InChI=1S/C11H14O2/c1-2-9-5-3-4-6-10(9)11(12)7-13-8-11/h3-6,12H,2,7-8H2,1H3. The Morgan fingerprint density at radius 3 is 2.62 bits per heavy atom. The van der Waals surface area contributed by atoms with E-state index in [0.717, 1.165) is 12.0 Å². The maximum Gasteiger partial charge on any atom is 0.136 e. The molecule has 1 heterocycles. The van der Waals surface area contributed by atoms with Crippen LogP contribution in [-0.2, 0) is 16.8 Å². The van der Waals surface area contributed by atoms with Gasteiger partial charge in [0.05, 0.1) is 13.2 Å². The fraction of sp³-hybridized carbons (Fsp3) is 0.455. The molecule has 0 aliphatic carbocycles. The van der Waals surface area contributed by atoms with Crippen LogP contribution in [0.5, 0.6) is 0 Å². The van der Waals surface area contributed by atoms with Crippen molar-refractivity contribution in [2.75, 3.05) is 13.2 Å². The van der Waals surface area contributed by atoms with Gasteiger partial charge < -0.3 is 9.84 Å². The molecule has 13 heavy (non-hydrogen) atoms. The van der Waals surface area contributed by atoms with Crippen LogP contribution in [0.25, 0.3) is 0 Å². The van der Waals surface area contributed by atoms with Crippen molar-refractivity contribution in [3.05, 3.63) is 35.4 Å². The van der Waals surface area contributed by atoms with Crippen LogP contribution in [0.3, 0.4) is 0 Å². The first-order chi connectivity index (χ1) is 6.26. The lowest BCUT2D eigenvalue weighted by molar-refractivity contribution is -0.185. The number of rotatable bonds is 2. The molecule has 0 aromatic heterocycles. The molecule has 1 saturated heterocycles. The van der Waals surface area contributed by atoms with Gasteiger partial charge >= 0.3 is 0 Å². The van der Waals surface area contributed by atoms with Crippen LogP contribution in [0.1, 0.15) is 18.1 Å². The van der Waals surface area contributed by atoms with Crippen LogP contribution in [0.15, 0.2) is 24.3 Å². The van der Waals surface area contributed by atoms with Gasteiger partial charge in [0.1, 0.15) is 5.60 Å². The molecule has 1 aliphatic rings. The SMILES string of the molecule is CCc1ccccc1C1(O)COC1. The first-order valence-corrected chi connectivity index (χ1v) is 4.65. The predicted molar refractivity (Wildman–Crippen MR) is 50.5 cm³/mol. The predicted octanol–water partition coefficient (Wildman–Crippen LogP) is 1.47. The van der Waals surface area contributed by atoms with Crippen molar-refractivity contribution in [3.8, 4) is 0 Å². The molecule has 0 spiro atoms. The van der Waals surface area contributed by atoms with E-state index in [0.29, 0.717) is 13.2 Å². The largest absolute Gasteiger partial charge is 0.380 e. The summed E-state index contributed by atoms with van der Waals surface area (Å²) >= 11 is 0. The van der Waals surface area contributed by atoms with Crippen LogP contribution in [-0.4, -0.2) is 18.3 Å². The molecular formula is C11H14O2. The van der Waals surface area contributed by atoms with Gasteiger partial charge in [-0.1, -0.05) is 31.2 Å². The molecule has 2 nitrogen and oxygen atoms in total. The molecule has 1 fully saturated rings. The fourth-order valence-corrected chi connectivity index (χ4v) is 1.73. The van der Waals surface area contributed by atoms with Gasteiger partial charge in [-0.2, -0.15) is 0 Å². The summed E-state index contributed by atoms with van der Waals surface area (Å²) in [5.41, 5.74) is 1.53. The van der Waals surface area contributed by atoms with Gasteiger partial charge in [-0.15, -0.1) is 0 Å². The van der Waals surface area contributed by atoms with Crippen LogP contribution < -0.4 is 0 Å². The number of aliphatic hydroxyl groups is 1. The lowest BCUT2D eigenvalue weighted by atomic mass is 9.87. The van der Waals surface area contributed by atoms with Crippen molar-refractivity contribution in [1.29, 1.82) is 0 Å². The van der Waals surface area contributed by atoms with Crippen LogP contribution in [0.2, 0.25) is 0 Å². The summed E-state index contributed by atoms with van der Waals surface area (Å²) in [6, 6.07) is 8.02. The van der Waals surface area contributed by atoms with Crippen LogP contribution in [0.4, 0.5) is 0 Å². The third-order valence-corrected chi connectivity index (χ3v) is 2.58. The van der Waals surface area contributed by atoms with E-state index in [9.17, 15) is 5.11 Å². The highest BCUT2D eigenvalue weighted by Gasteiger charge is 2.38. The summed E-state index contributed by atoms with van der Waals surface area (Å²) < 4.78 is 5.04. The highest BCUT2D eigenvalue weighted by Crippen LogP contribution is 2.31. The third-order valence-electron chi connectivity index (χ3n) is 2.58. The summed E-state index contributed by atoms with van der Waals surface area (Å²) in [5.74, 6) is 0. The molecule has 0 bridgehead atoms. The van der Waals surface area contributed by atoms with Crippen molar-refractivity contribution in [3.63, 3.8) is 0 Å². The van der Waals surface area contributed by atoms with Crippen molar-refractivity contribution in [1.82, 2.24) is 0 Å². The summed E-state index contributed by atoms with van der Waals surface area (Å²) in [6.45, 7) is 2.97. The molecule has 2 heteroatoms. The average molecular weight is 178 g/mol. The Labute approximate surface area is 78.2 Å².